The van der Waals surface area contributed by atoms with Crippen molar-refractivity contribution in [3.63, 3.8) is 0 Å². The van der Waals surface area contributed by atoms with Crippen molar-refractivity contribution in [2.24, 2.45) is 5.92 Å². The molecular weight excluding hydrogens is 258 g/mol. The van der Waals surface area contributed by atoms with Crippen molar-refractivity contribution >= 4 is 12.0 Å². The van der Waals surface area contributed by atoms with Gasteiger partial charge in [-0.3, -0.25) is 4.79 Å². The number of carbonyl (C=O) groups is 2. The van der Waals surface area contributed by atoms with E-state index in [0.29, 0.717) is 25.4 Å². The first-order valence-corrected chi connectivity index (χ1v) is 7.46. The van der Waals surface area contributed by atoms with Gasteiger partial charge >= 0.3 is 12.0 Å². The Morgan fingerprint density at radius 1 is 1.45 bits per heavy atom. The summed E-state index contributed by atoms with van der Waals surface area (Å²) >= 11 is 0. The summed E-state index contributed by atoms with van der Waals surface area (Å²) in [5.41, 5.74) is 0. The second-order valence-electron chi connectivity index (χ2n) is 5.51. The molecule has 0 aliphatic carbocycles. The molecule has 1 saturated heterocycles. The predicted octanol–water partition coefficient (Wildman–Crippen LogP) is 1.22. The van der Waals surface area contributed by atoms with Gasteiger partial charge in [-0.25, -0.2) is 4.79 Å². The first kappa shape index (κ1) is 16.8. The molecule has 0 aromatic heterocycles. The molecule has 6 nitrogen and oxygen atoms in total. The number of likely N-dealkylation sites (tertiary alicyclic amines) is 1. The standard InChI is InChI=1S/C14H27N3O3/c1-3-16(2)10-8-15-14(20)17-9-4-5-12(11-17)6-7-13(18)19/h12H,3-11H2,1-2H3,(H,15,20)(H,18,19). The van der Waals surface area contributed by atoms with Gasteiger partial charge in [-0.1, -0.05) is 6.92 Å². The lowest BCUT2D eigenvalue weighted by atomic mass is 9.93. The van der Waals surface area contributed by atoms with E-state index in [1.54, 1.807) is 0 Å². The molecule has 0 aromatic carbocycles. The zero-order valence-corrected chi connectivity index (χ0v) is 12.6. The first-order chi connectivity index (χ1) is 9.52. The van der Waals surface area contributed by atoms with Gasteiger partial charge in [-0.05, 0) is 38.8 Å². The van der Waals surface area contributed by atoms with Crippen molar-refractivity contribution in [2.75, 3.05) is 39.8 Å². The van der Waals surface area contributed by atoms with Gasteiger partial charge in [0.15, 0.2) is 0 Å². The van der Waals surface area contributed by atoms with Crippen LogP contribution in [0.15, 0.2) is 0 Å². The lowest BCUT2D eigenvalue weighted by Gasteiger charge is -2.32. The van der Waals surface area contributed by atoms with E-state index in [2.05, 4.69) is 17.1 Å². The van der Waals surface area contributed by atoms with E-state index in [1.165, 1.54) is 0 Å². The van der Waals surface area contributed by atoms with E-state index < -0.39 is 5.97 Å². The fourth-order valence-electron chi connectivity index (χ4n) is 2.44. The Kier molecular flexibility index (Phi) is 7.36. The summed E-state index contributed by atoms with van der Waals surface area (Å²) in [6.45, 7) is 6.01. The number of carboxylic acid groups (broad SMARTS) is 1. The van der Waals surface area contributed by atoms with Gasteiger partial charge in [0.2, 0.25) is 0 Å². The van der Waals surface area contributed by atoms with Gasteiger partial charge in [0.1, 0.15) is 0 Å². The van der Waals surface area contributed by atoms with Gasteiger partial charge in [-0.15, -0.1) is 0 Å². The van der Waals surface area contributed by atoms with Gasteiger partial charge < -0.3 is 20.2 Å². The van der Waals surface area contributed by atoms with Gasteiger partial charge in [0, 0.05) is 32.6 Å². The van der Waals surface area contributed by atoms with E-state index in [0.717, 1.165) is 32.5 Å². The highest BCUT2D eigenvalue weighted by Crippen LogP contribution is 2.20. The Balaban J connectivity index is 2.27. The second-order valence-corrected chi connectivity index (χ2v) is 5.51. The molecule has 1 aliphatic rings. The van der Waals surface area contributed by atoms with E-state index in [4.69, 9.17) is 5.11 Å². The van der Waals surface area contributed by atoms with E-state index in [-0.39, 0.29) is 12.5 Å². The zero-order valence-electron chi connectivity index (χ0n) is 12.6. The summed E-state index contributed by atoms with van der Waals surface area (Å²) in [7, 11) is 2.02. The molecule has 1 atom stereocenters. The first-order valence-electron chi connectivity index (χ1n) is 7.46. The average Bonchev–Trinajstić information content (AvgIpc) is 2.45. The van der Waals surface area contributed by atoms with Crippen molar-refractivity contribution in [3.8, 4) is 0 Å². The SMILES string of the molecule is CCN(C)CCNC(=O)N1CCCC(CCC(=O)O)C1. The highest BCUT2D eigenvalue weighted by Gasteiger charge is 2.23. The van der Waals surface area contributed by atoms with Crippen molar-refractivity contribution in [1.82, 2.24) is 15.1 Å². The number of nitrogens with zero attached hydrogens (tertiary/aromatic N) is 2. The van der Waals surface area contributed by atoms with Crippen LogP contribution >= 0.6 is 0 Å². The summed E-state index contributed by atoms with van der Waals surface area (Å²) < 4.78 is 0. The van der Waals surface area contributed by atoms with Gasteiger partial charge in [-0.2, -0.15) is 0 Å². The minimum atomic E-state index is -0.755. The predicted molar refractivity (Wildman–Crippen MR) is 77.7 cm³/mol. The topological polar surface area (TPSA) is 72.9 Å². The highest BCUT2D eigenvalue weighted by atomic mass is 16.4. The van der Waals surface area contributed by atoms with E-state index in [9.17, 15) is 9.59 Å². The lowest BCUT2D eigenvalue weighted by molar-refractivity contribution is -0.137. The Bertz CT molecular complexity index is 323. The van der Waals surface area contributed by atoms with Crippen LogP contribution in [0.4, 0.5) is 4.79 Å². The van der Waals surface area contributed by atoms with Crippen LogP contribution in [-0.2, 0) is 4.79 Å². The van der Waals surface area contributed by atoms with Crippen molar-refractivity contribution in [3.05, 3.63) is 0 Å². The summed E-state index contributed by atoms with van der Waals surface area (Å²) in [5.74, 6) is -0.432. The molecule has 2 amide bonds. The summed E-state index contributed by atoms with van der Waals surface area (Å²) in [6.07, 6.45) is 2.85. The highest BCUT2D eigenvalue weighted by molar-refractivity contribution is 5.74. The molecule has 0 bridgehead atoms. The fraction of sp³-hybridized carbons (Fsp3) is 0.857. The molecule has 2 N–H and O–H groups in total. The van der Waals surface area contributed by atoms with E-state index in [1.807, 2.05) is 11.9 Å². The Labute approximate surface area is 121 Å². The van der Waals surface area contributed by atoms with Gasteiger partial charge in [0.25, 0.3) is 0 Å². The zero-order chi connectivity index (χ0) is 15.0. The molecule has 116 valence electrons. The molecule has 1 heterocycles. The Morgan fingerprint density at radius 2 is 2.20 bits per heavy atom. The molecule has 0 aromatic rings. The molecule has 0 spiro atoms. The molecule has 20 heavy (non-hydrogen) atoms. The Morgan fingerprint density at radius 3 is 2.85 bits per heavy atom. The number of urea groups is 1. The third kappa shape index (κ3) is 6.23. The van der Waals surface area contributed by atoms with Crippen LogP contribution in [0.2, 0.25) is 0 Å². The number of amides is 2. The number of hydrogen-bond donors (Lipinski definition) is 2. The van der Waals surface area contributed by atoms with Crippen LogP contribution in [0.3, 0.4) is 0 Å². The third-order valence-electron chi connectivity index (χ3n) is 3.88. The molecule has 1 fully saturated rings. The number of carboxylic acids is 1. The number of rotatable bonds is 7. The average molecular weight is 285 g/mol. The third-order valence-corrected chi connectivity index (χ3v) is 3.88. The fourth-order valence-corrected chi connectivity index (χ4v) is 2.44. The number of aliphatic carboxylic acids is 1. The largest absolute Gasteiger partial charge is 0.481 e. The quantitative estimate of drug-likeness (QED) is 0.738. The molecule has 1 unspecified atom stereocenters. The number of likely N-dealkylation sites (N-methyl/N-ethyl adjacent to an activating group) is 1. The van der Waals surface area contributed by atoms with Crippen LogP contribution in [0.25, 0.3) is 0 Å². The molecule has 1 aliphatic heterocycles. The molecular formula is C14H27N3O3. The van der Waals surface area contributed by atoms with Crippen LogP contribution < -0.4 is 5.32 Å². The number of hydrogen-bond acceptors (Lipinski definition) is 3. The number of nitrogens with one attached hydrogen (secondary N) is 1. The van der Waals surface area contributed by atoms with Gasteiger partial charge in [0.05, 0.1) is 0 Å². The van der Waals surface area contributed by atoms with E-state index >= 15 is 0 Å². The number of carbonyl (C=O) groups excluding carboxylic acids is 1. The molecule has 1 rings (SSSR count). The lowest BCUT2D eigenvalue weighted by Crippen LogP contribution is -2.47. The smallest absolute Gasteiger partial charge is 0.317 e. The normalized spacial score (nSPS) is 19.1. The maximum atomic E-state index is 12.0. The second kappa shape index (κ2) is 8.79. The minimum absolute atomic E-state index is 0.0190. The minimum Gasteiger partial charge on any atom is -0.481 e. The van der Waals surface area contributed by atoms with Crippen LogP contribution in [0, 0.1) is 5.92 Å². The molecule has 0 saturated carbocycles. The van der Waals surface area contributed by atoms with Crippen LogP contribution in [0.5, 0.6) is 0 Å². The van der Waals surface area contributed by atoms with Crippen molar-refractivity contribution < 1.29 is 14.7 Å². The van der Waals surface area contributed by atoms with Crippen LogP contribution in [-0.4, -0.2) is 66.7 Å². The van der Waals surface area contributed by atoms with Crippen molar-refractivity contribution in [2.45, 2.75) is 32.6 Å². The molecule has 0 radical (unpaired) electrons. The van der Waals surface area contributed by atoms with Crippen LogP contribution in [0.1, 0.15) is 32.6 Å². The maximum absolute atomic E-state index is 12.0. The van der Waals surface area contributed by atoms with Crippen molar-refractivity contribution in [1.29, 1.82) is 0 Å². The number of piperidine rings is 1. The summed E-state index contributed by atoms with van der Waals surface area (Å²) in [6, 6.07) is -0.0190. The molecule has 6 heteroatoms. The maximum Gasteiger partial charge on any atom is 0.317 e. The Hall–Kier alpha value is -1.30. The summed E-state index contributed by atoms with van der Waals surface area (Å²) in [4.78, 5) is 26.6. The monoisotopic (exact) mass is 285 g/mol. The summed E-state index contributed by atoms with van der Waals surface area (Å²) in [5, 5.41) is 11.6.